The lowest BCUT2D eigenvalue weighted by atomic mass is 10.2. The third kappa shape index (κ3) is 2.63. The number of likely N-dealkylation sites (tertiary alicyclic amines) is 1. The summed E-state index contributed by atoms with van der Waals surface area (Å²) in [6, 6.07) is 3.59. The van der Waals surface area contributed by atoms with E-state index in [0.717, 1.165) is 30.1 Å². The van der Waals surface area contributed by atoms with Gasteiger partial charge in [0.15, 0.2) is 0 Å². The highest BCUT2D eigenvalue weighted by molar-refractivity contribution is 7.09. The molecule has 1 aliphatic heterocycles. The summed E-state index contributed by atoms with van der Waals surface area (Å²) in [6.07, 6.45) is 3.58. The van der Waals surface area contributed by atoms with Crippen LogP contribution in [0.15, 0.2) is 23.7 Å². The summed E-state index contributed by atoms with van der Waals surface area (Å²) in [4.78, 5) is 23.3. The lowest BCUT2D eigenvalue weighted by Crippen LogP contribution is -2.31. The molecule has 3 rings (SSSR count). The minimum atomic E-state index is -0.0321. The first-order chi connectivity index (χ1) is 10.2. The van der Waals surface area contributed by atoms with Crippen LogP contribution in [-0.2, 0) is 0 Å². The quantitative estimate of drug-likeness (QED) is 0.875. The number of methoxy groups -OCH3 is 1. The first-order valence-corrected chi connectivity index (χ1v) is 7.80. The number of carbonyl (C=O) groups is 1. The molecule has 0 spiro atoms. The van der Waals surface area contributed by atoms with Crippen LogP contribution in [0.2, 0.25) is 0 Å². The first-order valence-electron chi connectivity index (χ1n) is 6.92. The van der Waals surface area contributed by atoms with Crippen LogP contribution in [0, 0.1) is 6.92 Å². The molecule has 5 nitrogen and oxygen atoms in total. The Labute approximate surface area is 127 Å². The van der Waals surface area contributed by atoms with Crippen molar-refractivity contribution in [2.45, 2.75) is 25.8 Å². The summed E-state index contributed by atoms with van der Waals surface area (Å²) in [5.41, 5.74) is 1.52. The molecule has 110 valence electrons. The molecule has 1 fully saturated rings. The van der Waals surface area contributed by atoms with E-state index in [4.69, 9.17) is 4.74 Å². The molecule has 1 saturated heterocycles. The second-order valence-corrected chi connectivity index (χ2v) is 5.93. The number of hydrogen-bond donors (Lipinski definition) is 0. The third-order valence-corrected chi connectivity index (χ3v) is 4.69. The van der Waals surface area contributed by atoms with Gasteiger partial charge in [-0.2, -0.15) is 0 Å². The van der Waals surface area contributed by atoms with E-state index in [1.54, 1.807) is 29.7 Å². The highest BCUT2D eigenvalue weighted by Gasteiger charge is 2.33. The molecule has 0 N–H and O–H groups in total. The molecule has 0 radical (unpaired) electrons. The Hall–Kier alpha value is -1.95. The van der Waals surface area contributed by atoms with Gasteiger partial charge in [0.1, 0.15) is 10.6 Å². The minimum Gasteiger partial charge on any atom is -0.480 e. The van der Waals surface area contributed by atoms with Gasteiger partial charge in [-0.3, -0.25) is 4.79 Å². The lowest BCUT2D eigenvalue weighted by molar-refractivity contribution is 0.0731. The van der Waals surface area contributed by atoms with Gasteiger partial charge in [0.05, 0.1) is 13.2 Å². The maximum atomic E-state index is 12.8. The largest absolute Gasteiger partial charge is 0.480 e. The van der Waals surface area contributed by atoms with Crippen LogP contribution in [-0.4, -0.2) is 34.4 Å². The Morgan fingerprint density at radius 2 is 2.38 bits per heavy atom. The van der Waals surface area contributed by atoms with E-state index in [1.807, 2.05) is 17.2 Å². The van der Waals surface area contributed by atoms with E-state index in [1.165, 1.54) is 7.11 Å². The molecule has 3 heterocycles. The number of hydrogen-bond acceptors (Lipinski definition) is 5. The highest BCUT2D eigenvalue weighted by atomic mass is 32.1. The Morgan fingerprint density at radius 1 is 1.52 bits per heavy atom. The molecule has 1 amide bonds. The fraction of sp³-hybridized carbons (Fsp3) is 0.400. The molecule has 1 atom stereocenters. The molecule has 0 saturated carbocycles. The van der Waals surface area contributed by atoms with E-state index < -0.39 is 0 Å². The number of ether oxygens (including phenoxy) is 1. The Kier molecular flexibility index (Phi) is 3.88. The zero-order valence-corrected chi connectivity index (χ0v) is 12.9. The summed E-state index contributed by atoms with van der Waals surface area (Å²) in [5, 5.41) is 3.04. The minimum absolute atomic E-state index is 0.0321. The topological polar surface area (TPSA) is 55.3 Å². The van der Waals surface area contributed by atoms with Gasteiger partial charge >= 0.3 is 0 Å². The van der Waals surface area contributed by atoms with Gasteiger partial charge in [-0.15, -0.1) is 11.3 Å². The third-order valence-electron chi connectivity index (χ3n) is 3.63. The molecule has 0 unspecified atom stereocenters. The summed E-state index contributed by atoms with van der Waals surface area (Å²) in [5.74, 6) is 0.346. The normalized spacial score (nSPS) is 18.0. The van der Waals surface area contributed by atoms with Crippen LogP contribution in [0.1, 0.15) is 39.9 Å². The number of rotatable bonds is 3. The molecule has 2 aromatic rings. The molecule has 0 bridgehead atoms. The van der Waals surface area contributed by atoms with E-state index in [0.29, 0.717) is 11.4 Å². The van der Waals surface area contributed by atoms with Crippen LogP contribution in [0.5, 0.6) is 5.88 Å². The number of nitrogens with zero attached hydrogens (tertiary/aromatic N) is 3. The molecule has 1 aliphatic rings. The average Bonchev–Trinajstić information content (AvgIpc) is 3.14. The van der Waals surface area contributed by atoms with Crippen molar-refractivity contribution in [1.29, 1.82) is 0 Å². The summed E-state index contributed by atoms with van der Waals surface area (Å²) in [6.45, 7) is 2.73. The number of thiazole rings is 1. The summed E-state index contributed by atoms with van der Waals surface area (Å²) < 4.78 is 5.20. The fourth-order valence-electron chi connectivity index (χ4n) is 2.66. The number of aromatic nitrogens is 2. The SMILES string of the molecule is COc1ncccc1C(=O)N1CCC[C@@H]1c1nc(C)cs1. The van der Waals surface area contributed by atoms with Gasteiger partial charge in [0.25, 0.3) is 5.91 Å². The maximum absolute atomic E-state index is 12.8. The summed E-state index contributed by atoms with van der Waals surface area (Å²) >= 11 is 1.62. The van der Waals surface area contributed by atoms with Gasteiger partial charge < -0.3 is 9.64 Å². The number of carbonyl (C=O) groups excluding carboxylic acids is 1. The van der Waals surface area contributed by atoms with Gasteiger partial charge in [-0.25, -0.2) is 9.97 Å². The van der Waals surface area contributed by atoms with Crippen molar-refractivity contribution in [3.63, 3.8) is 0 Å². The van der Waals surface area contributed by atoms with Crippen LogP contribution < -0.4 is 4.74 Å². The van der Waals surface area contributed by atoms with E-state index >= 15 is 0 Å². The zero-order valence-electron chi connectivity index (χ0n) is 12.1. The van der Waals surface area contributed by atoms with Gasteiger partial charge in [-0.05, 0) is 31.9 Å². The van der Waals surface area contributed by atoms with Gasteiger partial charge in [0, 0.05) is 23.8 Å². The van der Waals surface area contributed by atoms with Crippen LogP contribution >= 0.6 is 11.3 Å². The number of pyridine rings is 1. The van der Waals surface area contributed by atoms with Crippen molar-refractivity contribution in [3.05, 3.63) is 40.0 Å². The van der Waals surface area contributed by atoms with Crippen LogP contribution in [0.4, 0.5) is 0 Å². The average molecular weight is 303 g/mol. The fourth-order valence-corrected chi connectivity index (χ4v) is 3.61. The maximum Gasteiger partial charge on any atom is 0.259 e. The van der Waals surface area contributed by atoms with E-state index in [-0.39, 0.29) is 11.9 Å². The predicted molar refractivity (Wildman–Crippen MR) is 80.7 cm³/mol. The van der Waals surface area contributed by atoms with Crippen molar-refractivity contribution >= 4 is 17.2 Å². The summed E-state index contributed by atoms with van der Waals surface area (Å²) in [7, 11) is 1.53. The molecule has 0 aromatic carbocycles. The monoisotopic (exact) mass is 303 g/mol. The number of aryl methyl sites for hydroxylation is 1. The highest BCUT2D eigenvalue weighted by Crippen LogP contribution is 2.35. The molecule has 21 heavy (non-hydrogen) atoms. The van der Waals surface area contributed by atoms with E-state index in [9.17, 15) is 4.79 Å². The van der Waals surface area contributed by atoms with Crippen LogP contribution in [0.3, 0.4) is 0 Å². The van der Waals surface area contributed by atoms with Crippen LogP contribution in [0.25, 0.3) is 0 Å². The Balaban J connectivity index is 1.89. The van der Waals surface area contributed by atoms with Crippen molar-refractivity contribution < 1.29 is 9.53 Å². The van der Waals surface area contributed by atoms with Gasteiger partial charge in [-0.1, -0.05) is 0 Å². The molecule has 0 aliphatic carbocycles. The van der Waals surface area contributed by atoms with Crippen molar-refractivity contribution in [3.8, 4) is 5.88 Å². The predicted octanol–water partition coefficient (Wildman–Crippen LogP) is 2.83. The van der Waals surface area contributed by atoms with Gasteiger partial charge in [0.2, 0.25) is 5.88 Å². The van der Waals surface area contributed by atoms with Crippen molar-refractivity contribution in [2.24, 2.45) is 0 Å². The smallest absolute Gasteiger partial charge is 0.259 e. The molecule has 6 heteroatoms. The lowest BCUT2D eigenvalue weighted by Gasteiger charge is -2.23. The first kappa shape index (κ1) is 14.0. The second kappa shape index (κ2) is 5.81. The zero-order chi connectivity index (χ0) is 14.8. The molecule has 2 aromatic heterocycles. The van der Waals surface area contributed by atoms with E-state index in [2.05, 4.69) is 9.97 Å². The molecular weight excluding hydrogens is 286 g/mol. The Morgan fingerprint density at radius 3 is 3.10 bits per heavy atom. The van der Waals surface area contributed by atoms with Crippen molar-refractivity contribution in [1.82, 2.24) is 14.9 Å². The number of amides is 1. The van der Waals surface area contributed by atoms with Crippen molar-refractivity contribution in [2.75, 3.05) is 13.7 Å². The Bertz CT molecular complexity index is 656. The second-order valence-electron chi connectivity index (χ2n) is 5.04. The standard InChI is InChI=1S/C15H17N3O2S/c1-10-9-21-14(17-10)12-6-4-8-18(12)15(19)11-5-3-7-16-13(11)20-2/h3,5,7,9,12H,4,6,8H2,1-2H3/t12-/m1/s1. The molecular formula is C15H17N3O2S.